The number of carbonyl (C=O) groups excluding carboxylic acids is 1. The van der Waals surface area contributed by atoms with Crippen molar-refractivity contribution in [2.45, 2.75) is 38.6 Å². The average molecular weight is 464 g/mol. The van der Waals surface area contributed by atoms with E-state index >= 15 is 0 Å². The van der Waals surface area contributed by atoms with E-state index in [1.807, 2.05) is 49.2 Å². The Bertz CT molecular complexity index is 1200. The molecule has 0 unspecified atom stereocenters. The van der Waals surface area contributed by atoms with Gasteiger partial charge in [-0.1, -0.05) is 12.1 Å². The van der Waals surface area contributed by atoms with Crippen LogP contribution in [0.15, 0.2) is 54.7 Å². The molecule has 1 N–H and O–H groups in total. The summed E-state index contributed by atoms with van der Waals surface area (Å²) in [5.41, 5.74) is 3.40. The largest absolute Gasteiger partial charge is 0.490 e. The number of carbonyl (C=O) groups is 1. The highest BCUT2D eigenvalue weighted by Crippen LogP contribution is 2.43. The molecule has 0 atom stereocenters. The van der Waals surface area contributed by atoms with Crippen LogP contribution in [-0.4, -0.2) is 41.7 Å². The molecule has 2 aromatic carbocycles. The second kappa shape index (κ2) is 9.05. The molecule has 6 nitrogen and oxygen atoms in total. The van der Waals surface area contributed by atoms with Crippen molar-refractivity contribution >= 4 is 11.6 Å². The Morgan fingerprint density at radius 3 is 2.62 bits per heavy atom. The van der Waals surface area contributed by atoms with Crippen molar-refractivity contribution in [1.29, 1.82) is 0 Å². The average Bonchev–Trinajstić information content (AvgIpc) is 3.33. The molecule has 2 aliphatic rings. The number of halogens is 1. The summed E-state index contributed by atoms with van der Waals surface area (Å²) in [4.78, 5) is 15.2. The number of nitrogens with zero attached hydrogens (tertiary/aromatic N) is 2. The van der Waals surface area contributed by atoms with Crippen LogP contribution in [0.5, 0.6) is 11.5 Å². The van der Waals surface area contributed by atoms with Crippen LogP contribution in [0.4, 0.5) is 10.1 Å². The Balaban J connectivity index is 1.33. The predicted octanol–water partition coefficient (Wildman–Crippen LogP) is 4.90. The highest BCUT2D eigenvalue weighted by atomic mass is 19.1. The number of benzene rings is 2. The van der Waals surface area contributed by atoms with Crippen molar-refractivity contribution in [3.05, 3.63) is 71.8 Å². The van der Waals surface area contributed by atoms with Gasteiger partial charge in [-0.15, -0.1) is 0 Å². The van der Waals surface area contributed by atoms with Crippen LogP contribution in [0, 0.1) is 5.82 Å². The quantitative estimate of drug-likeness (QED) is 0.565. The molecule has 1 spiro atoms. The van der Waals surface area contributed by atoms with E-state index in [2.05, 4.69) is 16.0 Å². The van der Waals surface area contributed by atoms with E-state index in [1.165, 1.54) is 6.07 Å². The van der Waals surface area contributed by atoms with Crippen LogP contribution in [0.2, 0.25) is 0 Å². The lowest BCUT2D eigenvalue weighted by Gasteiger charge is -2.46. The third kappa shape index (κ3) is 3.89. The first-order valence-corrected chi connectivity index (χ1v) is 12.0. The number of hydrogen-bond donors (Lipinski definition) is 1. The molecule has 5 rings (SSSR count). The molecule has 3 heterocycles. The topological polar surface area (TPSA) is 55.7 Å². The number of likely N-dealkylation sites (tertiary alicyclic amines) is 1. The van der Waals surface area contributed by atoms with Gasteiger partial charge in [-0.3, -0.25) is 4.79 Å². The lowest BCUT2D eigenvalue weighted by Crippen LogP contribution is -2.51. The third-order valence-electron chi connectivity index (χ3n) is 6.79. The van der Waals surface area contributed by atoms with E-state index in [9.17, 15) is 9.18 Å². The molecule has 1 fully saturated rings. The highest BCUT2D eigenvalue weighted by molar-refractivity contribution is 5.80. The summed E-state index contributed by atoms with van der Waals surface area (Å²) in [5.74, 6) is 1.13. The molecule has 7 heteroatoms. The van der Waals surface area contributed by atoms with Gasteiger partial charge in [0.1, 0.15) is 5.82 Å². The van der Waals surface area contributed by atoms with Gasteiger partial charge in [-0.05, 0) is 63.1 Å². The minimum absolute atomic E-state index is 0.0714. The molecule has 0 bridgehead atoms. The molecule has 178 valence electrons. The highest BCUT2D eigenvalue weighted by Gasteiger charge is 2.42. The fourth-order valence-electron chi connectivity index (χ4n) is 5.19. The van der Waals surface area contributed by atoms with Gasteiger partial charge >= 0.3 is 0 Å². The van der Waals surface area contributed by atoms with Crippen LogP contribution in [0.25, 0.3) is 5.69 Å². The number of piperidine rings is 1. The first kappa shape index (κ1) is 22.3. The first-order chi connectivity index (χ1) is 16.5. The van der Waals surface area contributed by atoms with Gasteiger partial charge in [0.05, 0.1) is 36.5 Å². The standard InChI is InChI=1S/C27H30FN3O3/c1-3-33-23-8-5-7-19(26(23)34-4-2)17-25(32)30-15-12-27(13-16-30)24-9-6-14-31(24)22-11-10-20(28)18-21(22)29-27/h5-11,14,18,29H,3-4,12-13,15-17H2,1-2H3. The summed E-state index contributed by atoms with van der Waals surface area (Å²) in [5, 5.41) is 3.62. The molecule has 0 saturated carbocycles. The zero-order valence-corrected chi connectivity index (χ0v) is 19.6. The van der Waals surface area contributed by atoms with Gasteiger partial charge in [0.15, 0.2) is 11.5 Å². The van der Waals surface area contributed by atoms with Gasteiger partial charge in [0.25, 0.3) is 0 Å². The summed E-state index contributed by atoms with van der Waals surface area (Å²) in [7, 11) is 0. The minimum atomic E-state index is -0.327. The Labute approximate surface area is 199 Å². The van der Waals surface area contributed by atoms with Crippen molar-refractivity contribution in [3.8, 4) is 17.2 Å². The Hall–Kier alpha value is -3.48. The van der Waals surface area contributed by atoms with Crippen LogP contribution >= 0.6 is 0 Å². The molecule has 3 aromatic rings. The maximum Gasteiger partial charge on any atom is 0.227 e. The first-order valence-electron chi connectivity index (χ1n) is 12.0. The molecule has 0 aliphatic carbocycles. The van der Waals surface area contributed by atoms with Crippen molar-refractivity contribution < 1.29 is 18.7 Å². The predicted molar refractivity (Wildman–Crippen MR) is 129 cm³/mol. The summed E-state index contributed by atoms with van der Waals surface area (Å²) in [6.45, 7) is 6.14. The third-order valence-corrected chi connectivity index (χ3v) is 6.79. The molecule has 1 amide bonds. The Morgan fingerprint density at radius 2 is 1.85 bits per heavy atom. The number of hydrogen-bond acceptors (Lipinski definition) is 4. The smallest absolute Gasteiger partial charge is 0.227 e. The summed E-state index contributed by atoms with van der Waals surface area (Å²) < 4.78 is 27.6. The van der Waals surface area contributed by atoms with Crippen LogP contribution in [0.3, 0.4) is 0 Å². The number of nitrogens with one attached hydrogen (secondary N) is 1. The number of aromatic nitrogens is 1. The van der Waals surface area contributed by atoms with Gasteiger partial charge in [0, 0.05) is 30.5 Å². The van der Waals surface area contributed by atoms with Crippen LogP contribution in [-0.2, 0) is 16.8 Å². The van der Waals surface area contributed by atoms with E-state index in [4.69, 9.17) is 9.47 Å². The van der Waals surface area contributed by atoms with E-state index in [0.29, 0.717) is 37.8 Å². The zero-order valence-electron chi connectivity index (χ0n) is 19.6. The summed E-state index contributed by atoms with van der Waals surface area (Å²) >= 11 is 0. The Morgan fingerprint density at radius 1 is 1.06 bits per heavy atom. The van der Waals surface area contributed by atoms with Crippen molar-refractivity contribution in [2.75, 3.05) is 31.6 Å². The molecule has 0 radical (unpaired) electrons. The van der Waals surface area contributed by atoms with Gasteiger partial charge < -0.3 is 24.3 Å². The summed E-state index contributed by atoms with van der Waals surface area (Å²) in [6.07, 6.45) is 3.78. The van der Waals surface area contributed by atoms with Crippen LogP contribution < -0.4 is 14.8 Å². The zero-order chi connectivity index (χ0) is 23.7. The number of fused-ring (bicyclic) bond motifs is 4. The Kier molecular flexibility index (Phi) is 5.94. The fraction of sp³-hybridized carbons (Fsp3) is 0.370. The molecule has 1 aromatic heterocycles. The van der Waals surface area contributed by atoms with E-state index in [1.54, 1.807) is 12.1 Å². The summed E-state index contributed by atoms with van der Waals surface area (Å²) in [6, 6.07) is 14.7. The lowest BCUT2D eigenvalue weighted by atomic mass is 9.82. The number of anilines is 1. The molecule has 2 aliphatic heterocycles. The molecular weight excluding hydrogens is 433 g/mol. The maximum absolute atomic E-state index is 14.0. The second-order valence-electron chi connectivity index (χ2n) is 8.80. The van der Waals surface area contributed by atoms with E-state index in [0.717, 1.165) is 35.5 Å². The van der Waals surface area contributed by atoms with E-state index in [-0.39, 0.29) is 23.7 Å². The molecule has 1 saturated heterocycles. The number of para-hydroxylation sites is 1. The number of amides is 1. The normalized spacial score (nSPS) is 15.9. The number of rotatable bonds is 6. The van der Waals surface area contributed by atoms with Crippen molar-refractivity contribution in [3.63, 3.8) is 0 Å². The van der Waals surface area contributed by atoms with Crippen molar-refractivity contribution in [2.24, 2.45) is 0 Å². The van der Waals surface area contributed by atoms with Crippen LogP contribution in [0.1, 0.15) is 37.9 Å². The van der Waals surface area contributed by atoms with Gasteiger partial charge in [-0.2, -0.15) is 0 Å². The monoisotopic (exact) mass is 463 g/mol. The maximum atomic E-state index is 14.0. The van der Waals surface area contributed by atoms with Crippen molar-refractivity contribution in [1.82, 2.24) is 9.47 Å². The SMILES string of the molecule is CCOc1cccc(CC(=O)N2CCC3(CC2)Nc2cc(F)ccc2-n2cccc23)c1OCC. The molecule has 34 heavy (non-hydrogen) atoms. The lowest BCUT2D eigenvalue weighted by molar-refractivity contribution is -0.132. The second-order valence-corrected chi connectivity index (χ2v) is 8.80. The molecular formula is C27H30FN3O3. The van der Waals surface area contributed by atoms with Gasteiger partial charge in [-0.25, -0.2) is 4.39 Å². The van der Waals surface area contributed by atoms with Gasteiger partial charge in [0.2, 0.25) is 5.91 Å². The number of ether oxygens (including phenoxy) is 2. The fourth-order valence-corrected chi connectivity index (χ4v) is 5.19. The minimum Gasteiger partial charge on any atom is -0.490 e. The van der Waals surface area contributed by atoms with E-state index < -0.39 is 0 Å².